The van der Waals surface area contributed by atoms with Crippen LogP contribution in [0, 0.1) is 0 Å². The molecular formula is C13H28N5O16P3. The van der Waals surface area contributed by atoms with Crippen LogP contribution in [0.2, 0.25) is 0 Å². The molecule has 1 fully saturated rings. The molecular weight excluding hydrogens is 575 g/mol. The van der Waals surface area contributed by atoms with Crippen molar-refractivity contribution in [3.63, 3.8) is 0 Å². The Bertz CT molecular complexity index is 1140. The van der Waals surface area contributed by atoms with Gasteiger partial charge in [0.05, 0.1) is 11.8 Å². The van der Waals surface area contributed by atoms with Crippen LogP contribution in [0.25, 0.3) is 11.0 Å². The topological polar surface area (TPSA) is 349 Å². The lowest BCUT2D eigenvalue weighted by Crippen LogP contribution is -2.36. The van der Waals surface area contributed by atoms with Crippen LogP contribution in [0.1, 0.15) is 32.2 Å². The fourth-order valence-electron chi connectivity index (χ4n) is 2.76. The third kappa shape index (κ3) is 14.3. The van der Waals surface area contributed by atoms with Gasteiger partial charge in [-0.15, -0.1) is 5.10 Å². The summed E-state index contributed by atoms with van der Waals surface area (Å²) in [6.45, 7) is 3.63. The number of rotatable bonds is 3. The lowest BCUT2D eigenvalue weighted by atomic mass is 10.1. The monoisotopic (exact) mass is 603 g/mol. The van der Waals surface area contributed by atoms with Gasteiger partial charge >= 0.3 is 23.5 Å². The molecule has 0 amide bonds. The highest BCUT2D eigenvalue weighted by Gasteiger charge is 2.43. The van der Waals surface area contributed by atoms with Crippen LogP contribution in [0.5, 0.6) is 0 Å². The molecule has 2 aromatic rings. The maximum atomic E-state index is 12.6. The maximum Gasteiger partial charge on any atom is 0.466 e. The Morgan fingerprint density at radius 2 is 1.32 bits per heavy atom. The van der Waals surface area contributed by atoms with E-state index in [0.29, 0.717) is 17.5 Å². The second-order valence-corrected chi connectivity index (χ2v) is 10.2. The third-order valence-corrected chi connectivity index (χ3v) is 3.95. The molecule has 0 spiro atoms. The van der Waals surface area contributed by atoms with Crippen molar-refractivity contribution in [3.8, 4) is 0 Å². The zero-order valence-corrected chi connectivity index (χ0v) is 21.9. The van der Waals surface area contributed by atoms with Crippen LogP contribution >= 0.6 is 23.5 Å². The third-order valence-electron chi connectivity index (χ3n) is 3.95. The normalized spacial score (nSPS) is 21.8. The van der Waals surface area contributed by atoms with Gasteiger partial charge in [-0.25, -0.2) is 13.7 Å². The number of hydrogen-bond acceptors (Lipinski definition) is 10. The van der Waals surface area contributed by atoms with Gasteiger partial charge in [-0.1, -0.05) is 18.6 Å². The van der Waals surface area contributed by atoms with Crippen molar-refractivity contribution in [1.82, 2.24) is 24.8 Å². The first-order chi connectivity index (χ1) is 16.5. The molecule has 3 rings (SSSR count). The Hall–Kier alpha value is -1.51. The van der Waals surface area contributed by atoms with E-state index in [1.807, 2.05) is 6.92 Å². The number of hydrogen-bond donors (Lipinski definition) is 11. The van der Waals surface area contributed by atoms with Gasteiger partial charge in [0.15, 0.2) is 11.7 Å². The van der Waals surface area contributed by atoms with Crippen molar-refractivity contribution in [2.75, 3.05) is 0 Å². The molecule has 11 N–H and O–H groups in total. The summed E-state index contributed by atoms with van der Waals surface area (Å²) in [5, 5.41) is 32.0. The van der Waals surface area contributed by atoms with Crippen LogP contribution in [0.4, 0.5) is 0 Å². The van der Waals surface area contributed by atoms with Gasteiger partial charge in [-0.3, -0.25) is 9.48 Å². The first-order valence-corrected chi connectivity index (χ1v) is 14.3. The highest BCUT2D eigenvalue weighted by Crippen LogP contribution is 2.28. The summed E-state index contributed by atoms with van der Waals surface area (Å²) in [5.74, 6) is 0. The smallest absolute Gasteiger partial charge is 0.388 e. The SMILES string of the molecule is CCCc1nn(C)c2c(=O)n(C3OC(C)C(O)C3O)nnc12.O=P(O)(O)O.O=P(O)(O)O.O=P(O)(O)O. The van der Waals surface area contributed by atoms with E-state index in [0.717, 1.165) is 16.8 Å². The molecule has 0 saturated carbocycles. The summed E-state index contributed by atoms with van der Waals surface area (Å²) in [6, 6.07) is 0. The minimum atomic E-state index is -4.64. The van der Waals surface area contributed by atoms with Gasteiger partial charge in [0.2, 0.25) is 0 Å². The van der Waals surface area contributed by atoms with E-state index in [9.17, 15) is 15.0 Å². The molecule has 37 heavy (non-hydrogen) atoms. The second-order valence-electron chi connectivity index (χ2n) is 7.11. The molecule has 1 saturated heterocycles. The molecule has 3 heterocycles. The Balaban J connectivity index is 0.000000711. The fraction of sp³-hybridized carbons (Fsp3) is 0.692. The number of aromatic nitrogens is 5. The highest BCUT2D eigenvalue weighted by molar-refractivity contribution is 7.45. The Morgan fingerprint density at radius 1 is 0.892 bits per heavy atom. The fourth-order valence-corrected chi connectivity index (χ4v) is 2.76. The number of aliphatic hydroxyl groups is 2. The zero-order valence-electron chi connectivity index (χ0n) is 19.3. The Morgan fingerprint density at radius 3 is 1.68 bits per heavy atom. The van der Waals surface area contributed by atoms with Crippen LogP contribution in [-0.2, 0) is 31.9 Å². The molecule has 1 aliphatic rings. The van der Waals surface area contributed by atoms with Gasteiger partial charge in [0.25, 0.3) is 5.56 Å². The second kappa shape index (κ2) is 14.0. The zero-order chi connectivity index (χ0) is 29.5. The highest BCUT2D eigenvalue weighted by atomic mass is 31.2. The standard InChI is InChI=1S/C13H19N5O4.3H3O4P/c1-4-5-7-8-9(17(3)15-7)12(21)18(16-14-8)13-11(20)10(19)6(2)22-13;3*1-5(2,3)4/h6,10-11,13,19-20H,4-5H2,1-3H3;3*(H3,1,2,3,4). The Kier molecular flexibility index (Phi) is 13.5. The molecule has 0 bridgehead atoms. The molecule has 0 aliphatic carbocycles. The van der Waals surface area contributed by atoms with Crippen LogP contribution in [0.15, 0.2) is 4.79 Å². The van der Waals surface area contributed by atoms with Crippen molar-refractivity contribution >= 4 is 34.5 Å². The number of ether oxygens (including phenoxy) is 1. The largest absolute Gasteiger partial charge is 0.466 e. The van der Waals surface area contributed by atoms with E-state index < -0.39 is 53.6 Å². The first-order valence-electron chi connectivity index (χ1n) is 9.63. The van der Waals surface area contributed by atoms with Gasteiger partial charge < -0.3 is 59.0 Å². The average molecular weight is 603 g/mol. The molecule has 24 heteroatoms. The number of phosphoric acid groups is 3. The molecule has 21 nitrogen and oxygen atoms in total. The average Bonchev–Trinajstić information content (AvgIpc) is 3.10. The first kappa shape index (κ1) is 35.5. The van der Waals surface area contributed by atoms with Crippen molar-refractivity contribution < 1.29 is 72.7 Å². The van der Waals surface area contributed by atoms with Gasteiger partial charge in [0.1, 0.15) is 17.7 Å². The van der Waals surface area contributed by atoms with Gasteiger partial charge in [-0.2, -0.15) is 9.78 Å². The summed E-state index contributed by atoms with van der Waals surface area (Å²) in [4.78, 5) is 77.3. The van der Waals surface area contributed by atoms with Crippen molar-refractivity contribution in [3.05, 3.63) is 16.0 Å². The van der Waals surface area contributed by atoms with E-state index in [1.165, 1.54) is 4.68 Å². The summed E-state index contributed by atoms with van der Waals surface area (Å²) >= 11 is 0. The molecule has 4 unspecified atom stereocenters. The summed E-state index contributed by atoms with van der Waals surface area (Å²) in [6.07, 6.45) is -2.37. The van der Waals surface area contributed by atoms with Crippen LogP contribution in [0.3, 0.4) is 0 Å². The van der Waals surface area contributed by atoms with E-state index in [-0.39, 0.29) is 0 Å². The number of aryl methyl sites for hydroxylation is 2. The Labute approximate surface area is 206 Å². The minimum absolute atomic E-state index is 0.309. The van der Waals surface area contributed by atoms with E-state index in [1.54, 1.807) is 14.0 Å². The molecule has 2 aromatic heterocycles. The molecule has 0 aromatic carbocycles. The molecule has 0 radical (unpaired) electrons. The summed E-state index contributed by atoms with van der Waals surface area (Å²) in [5.41, 5.74) is 1.04. The lowest BCUT2D eigenvalue weighted by Gasteiger charge is -2.15. The minimum Gasteiger partial charge on any atom is -0.388 e. The van der Waals surface area contributed by atoms with Crippen LogP contribution < -0.4 is 5.56 Å². The van der Waals surface area contributed by atoms with E-state index >= 15 is 0 Å². The lowest BCUT2D eigenvalue weighted by molar-refractivity contribution is -0.0439. The molecule has 4 atom stereocenters. The van der Waals surface area contributed by atoms with Crippen molar-refractivity contribution in [1.29, 1.82) is 0 Å². The van der Waals surface area contributed by atoms with Crippen LogP contribution in [-0.4, -0.2) is 97.3 Å². The predicted octanol–water partition coefficient (Wildman–Crippen LogP) is -3.67. The number of fused-ring (bicyclic) bond motifs is 1. The molecule has 216 valence electrons. The number of nitrogens with zero attached hydrogens (tertiary/aromatic N) is 5. The predicted molar refractivity (Wildman–Crippen MR) is 119 cm³/mol. The van der Waals surface area contributed by atoms with Gasteiger partial charge in [-0.05, 0) is 13.3 Å². The molecule has 1 aliphatic heterocycles. The summed E-state index contributed by atoms with van der Waals surface area (Å²) < 4.78 is 34.5. The van der Waals surface area contributed by atoms with Crippen molar-refractivity contribution in [2.45, 2.75) is 51.2 Å². The van der Waals surface area contributed by atoms with E-state index in [4.69, 9.17) is 62.5 Å². The summed E-state index contributed by atoms with van der Waals surface area (Å²) in [7, 11) is -12.3. The van der Waals surface area contributed by atoms with Gasteiger partial charge in [0, 0.05) is 7.05 Å². The maximum absolute atomic E-state index is 12.6. The van der Waals surface area contributed by atoms with E-state index in [2.05, 4.69) is 15.4 Å². The number of aliphatic hydroxyl groups excluding tert-OH is 2. The van der Waals surface area contributed by atoms with Crippen molar-refractivity contribution in [2.24, 2.45) is 7.05 Å². The quantitative estimate of drug-likeness (QED) is 0.150.